The quantitative estimate of drug-likeness (QED) is 0.215. The molecule has 0 spiro atoms. The van der Waals surface area contributed by atoms with Gasteiger partial charge in [-0.2, -0.15) is 0 Å². The van der Waals surface area contributed by atoms with Crippen LogP contribution in [0.4, 0.5) is 0 Å². The number of benzene rings is 6. The second kappa shape index (κ2) is 9.95. The van der Waals surface area contributed by atoms with Gasteiger partial charge in [0.15, 0.2) is 23.1 Å². The number of furan rings is 1. The van der Waals surface area contributed by atoms with E-state index in [1.54, 1.807) is 0 Å². The van der Waals surface area contributed by atoms with Crippen molar-refractivity contribution < 1.29 is 4.42 Å². The predicted octanol–water partition coefficient (Wildman–Crippen LogP) is 10.2. The molecule has 0 aliphatic carbocycles. The first-order chi connectivity index (χ1) is 20.7. The Hall–Kier alpha value is -5.32. The molecule has 0 fully saturated rings. The van der Waals surface area contributed by atoms with Crippen molar-refractivity contribution in [3.05, 3.63) is 138 Å². The molecule has 2 heterocycles. The summed E-state index contributed by atoms with van der Waals surface area (Å²) in [6, 6.07) is 45.0. The molecule has 0 N–H and O–H groups in total. The van der Waals surface area contributed by atoms with E-state index < -0.39 is 0 Å². The summed E-state index contributed by atoms with van der Waals surface area (Å²) >= 11 is 6.49. The zero-order valence-electron chi connectivity index (χ0n) is 22.3. The van der Waals surface area contributed by atoms with Crippen molar-refractivity contribution >= 4 is 44.3 Å². The molecule has 8 rings (SSSR count). The minimum atomic E-state index is 0.572. The molecule has 8 aromatic rings. The van der Waals surface area contributed by atoms with E-state index in [4.69, 9.17) is 31.0 Å². The van der Waals surface area contributed by atoms with Crippen LogP contribution in [0.2, 0.25) is 5.02 Å². The van der Waals surface area contributed by atoms with Gasteiger partial charge in [-0.25, -0.2) is 15.0 Å². The van der Waals surface area contributed by atoms with Gasteiger partial charge in [0.2, 0.25) is 0 Å². The van der Waals surface area contributed by atoms with E-state index in [1.165, 1.54) is 11.1 Å². The van der Waals surface area contributed by atoms with Crippen LogP contribution in [0.15, 0.2) is 138 Å². The standard InChI is InChI=1S/C37H22ClN3O/c38-31-15-7-13-29-33-30(14-8-16-32(33)42-34(29)31)37-40-35(24-11-5-2-6-12-24)39-36(41-37)28-20-19-26-21-25(17-18-27(26)22-28)23-9-3-1-4-10-23/h1-22H. The Balaban J connectivity index is 1.32. The average molecular weight is 560 g/mol. The first kappa shape index (κ1) is 24.5. The third kappa shape index (κ3) is 4.21. The topological polar surface area (TPSA) is 51.8 Å². The molecule has 6 aromatic carbocycles. The zero-order chi connectivity index (χ0) is 28.0. The molecule has 0 saturated carbocycles. The lowest BCUT2D eigenvalue weighted by molar-refractivity contribution is 0.669. The zero-order valence-corrected chi connectivity index (χ0v) is 23.1. The Morgan fingerprint density at radius 3 is 1.86 bits per heavy atom. The van der Waals surface area contributed by atoms with Crippen molar-refractivity contribution in [2.24, 2.45) is 0 Å². The smallest absolute Gasteiger partial charge is 0.164 e. The number of hydrogen-bond acceptors (Lipinski definition) is 4. The van der Waals surface area contributed by atoms with Crippen LogP contribution >= 0.6 is 11.6 Å². The highest BCUT2D eigenvalue weighted by Crippen LogP contribution is 2.39. The van der Waals surface area contributed by atoms with Crippen molar-refractivity contribution in [3.63, 3.8) is 0 Å². The fourth-order valence-electron chi connectivity index (χ4n) is 5.54. The lowest BCUT2D eigenvalue weighted by Gasteiger charge is -2.10. The minimum Gasteiger partial charge on any atom is -0.454 e. The van der Waals surface area contributed by atoms with Crippen LogP contribution in [0.5, 0.6) is 0 Å². The summed E-state index contributed by atoms with van der Waals surface area (Å²) in [5.74, 6) is 1.79. The van der Waals surface area contributed by atoms with Gasteiger partial charge in [0.05, 0.1) is 5.02 Å². The van der Waals surface area contributed by atoms with Crippen LogP contribution in [0, 0.1) is 0 Å². The van der Waals surface area contributed by atoms with Gasteiger partial charge >= 0.3 is 0 Å². The van der Waals surface area contributed by atoms with Gasteiger partial charge in [-0.1, -0.05) is 121 Å². The van der Waals surface area contributed by atoms with Gasteiger partial charge in [0, 0.05) is 27.5 Å². The lowest BCUT2D eigenvalue weighted by atomic mass is 10.00. The Bertz CT molecular complexity index is 2260. The van der Waals surface area contributed by atoms with Crippen molar-refractivity contribution in [2.45, 2.75) is 0 Å². The van der Waals surface area contributed by atoms with Gasteiger partial charge in [0.1, 0.15) is 5.58 Å². The molecule has 0 aliphatic rings. The summed E-state index contributed by atoms with van der Waals surface area (Å²) in [6.45, 7) is 0. The lowest BCUT2D eigenvalue weighted by Crippen LogP contribution is -2.00. The van der Waals surface area contributed by atoms with E-state index in [-0.39, 0.29) is 0 Å². The summed E-state index contributed by atoms with van der Waals surface area (Å²) in [7, 11) is 0. The second-order valence-electron chi connectivity index (χ2n) is 10.2. The van der Waals surface area contributed by atoms with Crippen LogP contribution in [0.25, 0.3) is 78.0 Å². The highest BCUT2D eigenvalue weighted by Gasteiger charge is 2.18. The molecular weight excluding hydrogens is 538 g/mol. The molecule has 0 atom stereocenters. The van der Waals surface area contributed by atoms with Crippen molar-refractivity contribution in [1.82, 2.24) is 15.0 Å². The van der Waals surface area contributed by atoms with E-state index in [1.807, 2.05) is 72.8 Å². The molecule has 0 unspecified atom stereocenters. The van der Waals surface area contributed by atoms with Gasteiger partial charge in [-0.15, -0.1) is 0 Å². The van der Waals surface area contributed by atoms with Gasteiger partial charge in [0.25, 0.3) is 0 Å². The van der Waals surface area contributed by atoms with E-state index >= 15 is 0 Å². The molecule has 4 nitrogen and oxygen atoms in total. The maximum Gasteiger partial charge on any atom is 0.164 e. The van der Waals surface area contributed by atoms with Crippen LogP contribution in [0.1, 0.15) is 0 Å². The number of para-hydroxylation sites is 1. The van der Waals surface area contributed by atoms with Crippen molar-refractivity contribution in [2.75, 3.05) is 0 Å². The maximum absolute atomic E-state index is 6.49. The highest BCUT2D eigenvalue weighted by molar-refractivity contribution is 6.36. The predicted molar refractivity (Wildman–Crippen MR) is 171 cm³/mol. The molecular formula is C37H22ClN3O. The molecule has 2 aromatic heterocycles. The average Bonchev–Trinajstić information content (AvgIpc) is 3.45. The molecule has 0 bridgehead atoms. The van der Waals surface area contributed by atoms with Gasteiger partial charge in [-0.05, 0) is 46.2 Å². The number of halogens is 1. The normalized spacial score (nSPS) is 11.5. The summed E-state index contributed by atoms with van der Waals surface area (Å²) in [5, 5.41) is 4.70. The minimum absolute atomic E-state index is 0.572. The summed E-state index contributed by atoms with van der Waals surface area (Å²) < 4.78 is 6.16. The van der Waals surface area contributed by atoms with Gasteiger partial charge in [-0.3, -0.25) is 0 Å². The van der Waals surface area contributed by atoms with Crippen LogP contribution in [-0.4, -0.2) is 15.0 Å². The van der Waals surface area contributed by atoms with E-state index in [2.05, 4.69) is 60.7 Å². The summed E-state index contributed by atoms with van der Waals surface area (Å²) in [5.41, 5.74) is 6.47. The van der Waals surface area contributed by atoms with Crippen LogP contribution in [0.3, 0.4) is 0 Å². The largest absolute Gasteiger partial charge is 0.454 e. The fourth-order valence-corrected chi connectivity index (χ4v) is 5.75. The number of nitrogens with zero attached hydrogens (tertiary/aromatic N) is 3. The van der Waals surface area contributed by atoms with Crippen LogP contribution in [-0.2, 0) is 0 Å². The van der Waals surface area contributed by atoms with Crippen LogP contribution < -0.4 is 0 Å². The SMILES string of the molecule is Clc1cccc2c1oc1cccc(-c3nc(-c4ccccc4)nc(-c4ccc5cc(-c6ccccc6)ccc5c4)n3)c12. The highest BCUT2D eigenvalue weighted by atomic mass is 35.5. The molecule has 42 heavy (non-hydrogen) atoms. The third-order valence-electron chi connectivity index (χ3n) is 7.59. The number of hydrogen-bond donors (Lipinski definition) is 0. The van der Waals surface area contributed by atoms with Gasteiger partial charge < -0.3 is 4.42 Å². The van der Waals surface area contributed by atoms with Crippen molar-refractivity contribution in [1.29, 1.82) is 0 Å². The Morgan fingerprint density at radius 1 is 0.476 bits per heavy atom. The third-order valence-corrected chi connectivity index (χ3v) is 7.89. The molecule has 5 heteroatoms. The molecule has 0 saturated heterocycles. The monoisotopic (exact) mass is 559 g/mol. The summed E-state index contributed by atoms with van der Waals surface area (Å²) in [6.07, 6.45) is 0. The molecule has 0 amide bonds. The molecule has 0 aliphatic heterocycles. The second-order valence-corrected chi connectivity index (χ2v) is 10.6. The number of rotatable bonds is 4. The first-order valence-corrected chi connectivity index (χ1v) is 14.1. The van der Waals surface area contributed by atoms with E-state index in [0.29, 0.717) is 28.1 Å². The van der Waals surface area contributed by atoms with E-state index in [9.17, 15) is 0 Å². The number of fused-ring (bicyclic) bond motifs is 4. The molecule has 198 valence electrons. The Kier molecular flexibility index (Phi) is 5.80. The first-order valence-electron chi connectivity index (χ1n) is 13.7. The Morgan fingerprint density at radius 2 is 1.10 bits per heavy atom. The fraction of sp³-hybridized carbons (Fsp3) is 0. The Labute approximate surface area is 246 Å². The van der Waals surface area contributed by atoms with E-state index in [0.717, 1.165) is 43.8 Å². The maximum atomic E-state index is 6.49. The van der Waals surface area contributed by atoms with Crippen molar-refractivity contribution in [3.8, 4) is 45.3 Å². The molecule has 0 radical (unpaired) electrons. The number of aromatic nitrogens is 3. The summed E-state index contributed by atoms with van der Waals surface area (Å²) in [4.78, 5) is 15.0.